The summed E-state index contributed by atoms with van der Waals surface area (Å²) >= 11 is 5.62. The monoisotopic (exact) mass is 251 g/mol. The Morgan fingerprint density at radius 3 is 2.67 bits per heavy atom. The predicted octanol–water partition coefficient (Wildman–Crippen LogP) is 2.60. The minimum Gasteiger partial charge on any atom is -0.303 e. The van der Waals surface area contributed by atoms with Crippen LogP contribution < -0.4 is 0 Å². The van der Waals surface area contributed by atoms with Gasteiger partial charge in [0.1, 0.15) is 0 Å². The fourth-order valence-electron chi connectivity index (χ4n) is 1.56. The van der Waals surface area contributed by atoms with Crippen LogP contribution in [0, 0.1) is 0 Å². The van der Waals surface area contributed by atoms with Crippen molar-refractivity contribution in [3.8, 4) is 0 Å². The topological polar surface area (TPSA) is 3.24 Å². The van der Waals surface area contributed by atoms with Crippen LogP contribution in [0.2, 0.25) is 0 Å². The number of hydrogen-bond donors (Lipinski definition) is 0. The molecule has 0 radical (unpaired) electrons. The van der Waals surface area contributed by atoms with E-state index in [0.717, 1.165) is 4.83 Å². The molecule has 0 aromatic carbocycles. The Kier molecular flexibility index (Phi) is 5.68. The Balaban J connectivity index is 2.01. The fourth-order valence-corrected chi connectivity index (χ4v) is 2.38. The smallest absolute Gasteiger partial charge is 0.0170 e. The molecule has 3 heteroatoms. The SMILES string of the molecule is CSCCCN1CCC(Br)CC1. The first-order chi connectivity index (χ1) is 5.83. The summed E-state index contributed by atoms with van der Waals surface area (Å²) in [6.07, 6.45) is 6.21. The fraction of sp³-hybridized carbons (Fsp3) is 1.00. The van der Waals surface area contributed by atoms with E-state index in [4.69, 9.17) is 0 Å². The highest BCUT2D eigenvalue weighted by atomic mass is 79.9. The molecule has 0 amide bonds. The van der Waals surface area contributed by atoms with Crippen LogP contribution in [-0.2, 0) is 0 Å². The summed E-state index contributed by atoms with van der Waals surface area (Å²) in [5, 5.41) is 0. The maximum Gasteiger partial charge on any atom is 0.0170 e. The maximum absolute atomic E-state index is 3.67. The van der Waals surface area contributed by atoms with E-state index in [0.29, 0.717) is 0 Å². The summed E-state index contributed by atoms with van der Waals surface area (Å²) in [6.45, 7) is 3.90. The van der Waals surface area contributed by atoms with Crippen LogP contribution in [0.4, 0.5) is 0 Å². The molecule has 0 saturated carbocycles. The molecule has 1 saturated heterocycles. The predicted molar refractivity (Wildman–Crippen MR) is 61.4 cm³/mol. The van der Waals surface area contributed by atoms with Crippen molar-refractivity contribution in [1.82, 2.24) is 4.90 Å². The highest BCUT2D eigenvalue weighted by molar-refractivity contribution is 9.09. The summed E-state index contributed by atoms with van der Waals surface area (Å²) in [6, 6.07) is 0. The van der Waals surface area contributed by atoms with Gasteiger partial charge in [-0.2, -0.15) is 11.8 Å². The number of alkyl halides is 1. The van der Waals surface area contributed by atoms with Gasteiger partial charge in [0.2, 0.25) is 0 Å². The number of rotatable bonds is 4. The highest BCUT2D eigenvalue weighted by Gasteiger charge is 2.15. The molecular weight excluding hydrogens is 234 g/mol. The first-order valence-electron chi connectivity index (χ1n) is 4.68. The van der Waals surface area contributed by atoms with Crippen LogP contribution in [0.25, 0.3) is 0 Å². The molecule has 72 valence electrons. The molecular formula is C9H18BrNS. The van der Waals surface area contributed by atoms with Gasteiger partial charge in [0, 0.05) is 4.83 Å². The summed E-state index contributed by atoms with van der Waals surface area (Å²) in [5.41, 5.74) is 0. The summed E-state index contributed by atoms with van der Waals surface area (Å²) < 4.78 is 0. The normalized spacial score (nSPS) is 21.5. The third kappa shape index (κ3) is 4.15. The van der Waals surface area contributed by atoms with Gasteiger partial charge in [-0.05, 0) is 50.9 Å². The Bertz CT molecular complexity index is 113. The summed E-state index contributed by atoms with van der Waals surface area (Å²) in [5.74, 6) is 1.31. The summed E-state index contributed by atoms with van der Waals surface area (Å²) in [7, 11) is 0. The standard InChI is InChI=1S/C9H18BrNS/c1-12-8-2-5-11-6-3-9(10)4-7-11/h9H,2-8H2,1H3. The first kappa shape index (κ1) is 10.9. The van der Waals surface area contributed by atoms with Crippen LogP contribution in [0.5, 0.6) is 0 Å². The largest absolute Gasteiger partial charge is 0.303 e. The molecule has 0 atom stereocenters. The maximum atomic E-state index is 3.67. The third-order valence-corrected chi connectivity index (χ3v) is 3.95. The van der Waals surface area contributed by atoms with Gasteiger partial charge in [-0.15, -0.1) is 0 Å². The van der Waals surface area contributed by atoms with E-state index in [1.807, 2.05) is 11.8 Å². The van der Waals surface area contributed by atoms with Crippen molar-refractivity contribution in [2.75, 3.05) is 31.6 Å². The zero-order valence-corrected chi connectivity index (χ0v) is 10.2. The lowest BCUT2D eigenvalue weighted by atomic mass is 10.1. The number of likely N-dealkylation sites (tertiary alicyclic amines) is 1. The van der Waals surface area contributed by atoms with Crippen LogP contribution >= 0.6 is 27.7 Å². The Hall–Kier alpha value is 0.790. The lowest BCUT2D eigenvalue weighted by Gasteiger charge is -2.29. The van der Waals surface area contributed by atoms with Crippen molar-refractivity contribution in [2.45, 2.75) is 24.1 Å². The first-order valence-corrected chi connectivity index (χ1v) is 6.99. The van der Waals surface area contributed by atoms with E-state index in [9.17, 15) is 0 Å². The quantitative estimate of drug-likeness (QED) is 0.559. The van der Waals surface area contributed by atoms with Gasteiger partial charge in [0.25, 0.3) is 0 Å². The van der Waals surface area contributed by atoms with Crippen LogP contribution in [0.3, 0.4) is 0 Å². The van der Waals surface area contributed by atoms with Crippen molar-refractivity contribution in [3.05, 3.63) is 0 Å². The number of thioether (sulfide) groups is 1. The minimum absolute atomic E-state index is 0.786. The van der Waals surface area contributed by atoms with Gasteiger partial charge < -0.3 is 4.90 Å². The van der Waals surface area contributed by atoms with Gasteiger partial charge in [-0.1, -0.05) is 15.9 Å². The van der Waals surface area contributed by atoms with E-state index in [1.165, 1.54) is 44.6 Å². The average molecular weight is 252 g/mol. The van der Waals surface area contributed by atoms with Crippen molar-refractivity contribution < 1.29 is 0 Å². The second-order valence-electron chi connectivity index (χ2n) is 3.36. The van der Waals surface area contributed by atoms with E-state index in [-0.39, 0.29) is 0 Å². The molecule has 1 aliphatic heterocycles. The second-order valence-corrected chi connectivity index (χ2v) is 5.64. The van der Waals surface area contributed by atoms with Crippen LogP contribution in [-0.4, -0.2) is 41.4 Å². The van der Waals surface area contributed by atoms with E-state index in [1.54, 1.807) is 0 Å². The minimum atomic E-state index is 0.786. The van der Waals surface area contributed by atoms with Crippen molar-refractivity contribution in [1.29, 1.82) is 0 Å². The van der Waals surface area contributed by atoms with Gasteiger partial charge in [-0.25, -0.2) is 0 Å². The number of hydrogen-bond acceptors (Lipinski definition) is 2. The molecule has 0 aromatic heterocycles. The molecule has 1 nitrogen and oxygen atoms in total. The van der Waals surface area contributed by atoms with Gasteiger partial charge in [0.05, 0.1) is 0 Å². The molecule has 12 heavy (non-hydrogen) atoms. The molecule has 0 N–H and O–H groups in total. The molecule has 1 fully saturated rings. The second kappa shape index (κ2) is 6.28. The Morgan fingerprint density at radius 1 is 1.42 bits per heavy atom. The number of nitrogens with zero attached hydrogens (tertiary/aromatic N) is 1. The molecule has 1 heterocycles. The molecule has 0 aliphatic carbocycles. The lowest BCUT2D eigenvalue weighted by molar-refractivity contribution is 0.235. The summed E-state index contributed by atoms with van der Waals surface area (Å²) in [4.78, 5) is 3.38. The average Bonchev–Trinajstić information content (AvgIpc) is 2.09. The zero-order valence-electron chi connectivity index (χ0n) is 7.76. The Morgan fingerprint density at radius 2 is 2.08 bits per heavy atom. The van der Waals surface area contributed by atoms with Crippen molar-refractivity contribution in [2.24, 2.45) is 0 Å². The van der Waals surface area contributed by atoms with E-state index in [2.05, 4.69) is 27.1 Å². The van der Waals surface area contributed by atoms with Crippen LogP contribution in [0.15, 0.2) is 0 Å². The van der Waals surface area contributed by atoms with Gasteiger partial charge in [-0.3, -0.25) is 0 Å². The third-order valence-electron chi connectivity index (χ3n) is 2.34. The number of halogens is 1. The molecule has 0 unspecified atom stereocenters. The Labute approximate surface area is 88.4 Å². The van der Waals surface area contributed by atoms with E-state index >= 15 is 0 Å². The van der Waals surface area contributed by atoms with Crippen LogP contribution in [0.1, 0.15) is 19.3 Å². The zero-order chi connectivity index (χ0) is 8.81. The van der Waals surface area contributed by atoms with Gasteiger partial charge in [0.15, 0.2) is 0 Å². The molecule has 0 bridgehead atoms. The van der Waals surface area contributed by atoms with Crippen molar-refractivity contribution >= 4 is 27.7 Å². The molecule has 0 spiro atoms. The molecule has 1 rings (SSSR count). The van der Waals surface area contributed by atoms with E-state index < -0.39 is 0 Å². The van der Waals surface area contributed by atoms with Gasteiger partial charge >= 0.3 is 0 Å². The molecule has 0 aromatic rings. The number of piperidine rings is 1. The lowest BCUT2D eigenvalue weighted by Crippen LogP contribution is -2.34. The van der Waals surface area contributed by atoms with Crippen molar-refractivity contribution in [3.63, 3.8) is 0 Å². The molecule has 1 aliphatic rings. The highest BCUT2D eigenvalue weighted by Crippen LogP contribution is 2.17.